The van der Waals surface area contributed by atoms with Crippen LogP contribution in [0.25, 0.3) is 11.3 Å². The van der Waals surface area contributed by atoms with E-state index in [-0.39, 0.29) is 12.0 Å². The standard InChI is InChI=1S/C20H24N2O4/c1-12(2)25-14-9-13-11-21-18(23)17(13)15(10-14)16-7-6-8-22(16)19(24)26-20(3,4)5/h6-10,12H,11H2,1-5H3,(H,21,23). The highest BCUT2D eigenvalue weighted by atomic mass is 16.6. The van der Waals surface area contributed by atoms with Gasteiger partial charge in [-0.1, -0.05) is 0 Å². The molecule has 0 fully saturated rings. The molecule has 1 N–H and O–H groups in total. The predicted molar refractivity (Wildman–Crippen MR) is 98.4 cm³/mol. The number of ether oxygens (including phenoxy) is 2. The number of carbonyl (C=O) groups excluding carboxylic acids is 2. The quantitative estimate of drug-likeness (QED) is 0.903. The lowest BCUT2D eigenvalue weighted by atomic mass is 9.99. The van der Waals surface area contributed by atoms with E-state index in [0.717, 1.165) is 5.56 Å². The van der Waals surface area contributed by atoms with Gasteiger partial charge in [0.05, 0.1) is 17.4 Å². The summed E-state index contributed by atoms with van der Waals surface area (Å²) in [6.07, 6.45) is 1.15. The van der Waals surface area contributed by atoms with Gasteiger partial charge < -0.3 is 14.8 Å². The van der Waals surface area contributed by atoms with Gasteiger partial charge in [-0.25, -0.2) is 4.79 Å². The van der Waals surface area contributed by atoms with Gasteiger partial charge in [-0.3, -0.25) is 9.36 Å². The van der Waals surface area contributed by atoms with Gasteiger partial charge in [-0.05, 0) is 64.4 Å². The smallest absolute Gasteiger partial charge is 0.418 e. The molecule has 1 aromatic heterocycles. The maximum absolute atomic E-state index is 12.6. The van der Waals surface area contributed by atoms with E-state index in [4.69, 9.17) is 9.47 Å². The third kappa shape index (κ3) is 3.59. The zero-order valence-electron chi connectivity index (χ0n) is 15.8. The van der Waals surface area contributed by atoms with E-state index < -0.39 is 11.7 Å². The molecular formula is C20H24N2O4. The molecular weight excluding hydrogens is 332 g/mol. The van der Waals surface area contributed by atoms with Crippen molar-refractivity contribution < 1.29 is 19.1 Å². The number of fused-ring (bicyclic) bond motifs is 1. The molecule has 6 heteroatoms. The molecule has 0 saturated carbocycles. The van der Waals surface area contributed by atoms with Crippen LogP contribution in [0.5, 0.6) is 5.75 Å². The summed E-state index contributed by atoms with van der Waals surface area (Å²) in [5.41, 5.74) is 2.08. The summed E-state index contributed by atoms with van der Waals surface area (Å²) >= 11 is 0. The number of carbonyl (C=O) groups is 2. The van der Waals surface area contributed by atoms with Gasteiger partial charge in [0.15, 0.2) is 0 Å². The Morgan fingerprint density at radius 1 is 1.27 bits per heavy atom. The third-order valence-electron chi connectivity index (χ3n) is 3.85. The van der Waals surface area contributed by atoms with E-state index >= 15 is 0 Å². The Kier molecular flexibility index (Phi) is 4.52. The molecule has 26 heavy (non-hydrogen) atoms. The maximum Gasteiger partial charge on any atom is 0.418 e. The average Bonchev–Trinajstić information content (AvgIpc) is 3.11. The van der Waals surface area contributed by atoms with Gasteiger partial charge in [0.1, 0.15) is 11.4 Å². The summed E-state index contributed by atoms with van der Waals surface area (Å²) in [6, 6.07) is 7.23. The van der Waals surface area contributed by atoms with E-state index in [0.29, 0.717) is 29.1 Å². The van der Waals surface area contributed by atoms with Crippen molar-refractivity contribution in [3.63, 3.8) is 0 Å². The summed E-state index contributed by atoms with van der Waals surface area (Å²) < 4.78 is 12.7. The Hall–Kier alpha value is -2.76. The van der Waals surface area contributed by atoms with Crippen molar-refractivity contribution in [2.45, 2.75) is 52.9 Å². The Morgan fingerprint density at radius 2 is 2.00 bits per heavy atom. The molecule has 0 radical (unpaired) electrons. The molecule has 1 amide bonds. The number of nitrogens with zero attached hydrogens (tertiary/aromatic N) is 1. The van der Waals surface area contributed by atoms with Crippen LogP contribution in [0.2, 0.25) is 0 Å². The van der Waals surface area contributed by atoms with Crippen molar-refractivity contribution in [2.24, 2.45) is 0 Å². The zero-order valence-corrected chi connectivity index (χ0v) is 15.8. The number of nitrogens with one attached hydrogen (secondary N) is 1. The molecule has 0 bridgehead atoms. The number of hydrogen-bond donors (Lipinski definition) is 1. The molecule has 138 valence electrons. The van der Waals surface area contributed by atoms with Crippen LogP contribution < -0.4 is 10.1 Å². The lowest BCUT2D eigenvalue weighted by molar-refractivity contribution is 0.0539. The first-order valence-corrected chi connectivity index (χ1v) is 8.68. The van der Waals surface area contributed by atoms with Crippen molar-refractivity contribution in [3.8, 4) is 17.0 Å². The van der Waals surface area contributed by atoms with Crippen molar-refractivity contribution in [3.05, 3.63) is 41.6 Å². The summed E-state index contributed by atoms with van der Waals surface area (Å²) in [6.45, 7) is 9.78. The molecule has 1 aromatic carbocycles. The summed E-state index contributed by atoms with van der Waals surface area (Å²) in [7, 11) is 0. The molecule has 2 aromatic rings. The number of benzene rings is 1. The number of amides is 1. The first-order valence-electron chi connectivity index (χ1n) is 8.68. The molecule has 0 atom stereocenters. The molecule has 2 heterocycles. The lowest BCUT2D eigenvalue weighted by Crippen LogP contribution is -2.27. The average molecular weight is 356 g/mol. The highest BCUT2D eigenvalue weighted by Crippen LogP contribution is 2.34. The minimum Gasteiger partial charge on any atom is -0.491 e. The Morgan fingerprint density at radius 3 is 2.65 bits per heavy atom. The Balaban J connectivity index is 2.10. The van der Waals surface area contributed by atoms with Crippen molar-refractivity contribution >= 4 is 12.0 Å². The molecule has 1 aliphatic rings. The van der Waals surface area contributed by atoms with Crippen LogP contribution in [0.15, 0.2) is 30.5 Å². The Bertz CT molecular complexity index is 859. The van der Waals surface area contributed by atoms with E-state index in [2.05, 4.69) is 5.32 Å². The van der Waals surface area contributed by atoms with Crippen LogP contribution in [0.1, 0.15) is 50.5 Å². The fourth-order valence-corrected chi connectivity index (χ4v) is 2.96. The van der Waals surface area contributed by atoms with Gasteiger partial charge in [-0.2, -0.15) is 0 Å². The SMILES string of the molecule is CC(C)Oc1cc2c(c(-c3cccn3C(=O)OC(C)(C)C)c1)C(=O)NC2. The van der Waals surface area contributed by atoms with Crippen LogP contribution in [0, 0.1) is 0 Å². The van der Waals surface area contributed by atoms with Gasteiger partial charge in [0.25, 0.3) is 5.91 Å². The van der Waals surface area contributed by atoms with E-state index in [1.165, 1.54) is 4.57 Å². The third-order valence-corrected chi connectivity index (χ3v) is 3.85. The predicted octanol–water partition coefficient (Wildman–Crippen LogP) is 3.97. The minimum absolute atomic E-state index is 0.00334. The van der Waals surface area contributed by atoms with Crippen molar-refractivity contribution in [1.82, 2.24) is 9.88 Å². The summed E-state index contributed by atoms with van der Waals surface area (Å²) in [5, 5.41) is 2.83. The maximum atomic E-state index is 12.6. The molecule has 3 rings (SSSR count). The van der Waals surface area contributed by atoms with E-state index in [9.17, 15) is 9.59 Å². The number of hydrogen-bond acceptors (Lipinski definition) is 4. The highest BCUT2D eigenvalue weighted by molar-refractivity contribution is 6.05. The first kappa shape index (κ1) is 18.0. The molecule has 1 aliphatic heterocycles. The number of rotatable bonds is 3. The van der Waals surface area contributed by atoms with Crippen LogP contribution in [-0.2, 0) is 11.3 Å². The number of aromatic nitrogens is 1. The molecule has 0 spiro atoms. The largest absolute Gasteiger partial charge is 0.491 e. The van der Waals surface area contributed by atoms with Gasteiger partial charge in [0.2, 0.25) is 0 Å². The second-order valence-electron chi connectivity index (χ2n) is 7.60. The highest BCUT2D eigenvalue weighted by Gasteiger charge is 2.28. The first-order chi connectivity index (χ1) is 12.2. The van der Waals surface area contributed by atoms with E-state index in [1.807, 2.05) is 40.7 Å². The topological polar surface area (TPSA) is 69.6 Å². The molecule has 0 saturated heterocycles. The normalized spacial score (nSPS) is 13.5. The van der Waals surface area contributed by atoms with Gasteiger partial charge >= 0.3 is 6.09 Å². The fraction of sp³-hybridized carbons (Fsp3) is 0.400. The van der Waals surface area contributed by atoms with Crippen molar-refractivity contribution in [2.75, 3.05) is 0 Å². The molecule has 6 nitrogen and oxygen atoms in total. The zero-order chi connectivity index (χ0) is 19.1. The molecule has 0 unspecified atom stereocenters. The Labute approximate surface area is 153 Å². The van der Waals surface area contributed by atoms with Gasteiger partial charge in [-0.15, -0.1) is 0 Å². The monoisotopic (exact) mass is 356 g/mol. The van der Waals surface area contributed by atoms with E-state index in [1.54, 1.807) is 24.4 Å². The van der Waals surface area contributed by atoms with Crippen LogP contribution >= 0.6 is 0 Å². The lowest BCUT2D eigenvalue weighted by Gasteiger charge is -2.21. The fourth-order valence-electron chi connectivity index (χ4n) is 2.96. The second-order valence-corrected chi connectivity index (χ2v) is 7.60. The van der Waals surface area contributed by atoms with Gasteiger partial charge in [0, 0.05) is 18.3 Å². The summed E-state index contributed by atoms with van der Waals surface area (Å²) in [5.74, 6) is 0.519. The van der Waals surface area contributed by atoms with Crippen LogP contribution in [0.4, 0.5) is 4.79 Å². The van der Waals surface area contributed by atoms with Crippen LogP contribution in [0.3, 0.4) is 0 Å². The summed E-state index contributed by atoms with van der Waals surface area (Å²) in [4.78, 5) is 24.9. The second kappa shape index (κ2) is 6.52. The van der Waals surface area contributed by atoms with Crippen LogP contribution in [-0.4, -0.2) is 28.3 Å². The minimum atomic E-state index is -0.611. The molecule has 0 aliphatic carbocycles. The van der Waals surface area contributed by atoms with Crippen molar-refractivity contribution in [1.29, 1.82) is 0 Å².